The lowest BCUT2D eigenvalue weighted by Crippen LogP contribution is -2.43. The molecule has 0 radical (unpaired) electrons. The van der Waals surface area contributed by atoms with Gasteiger partial charge in [-0.1, -0.05) is 0 Å². The summed E-state index contributed by atoms with van der Waals surface area (Å²) in [5.41, 5.74) is 6.40. The van der Waals surface area contributed by atoms with E-state index < -0.39 is 6.04 Å². The Kier molecular flexibility index (Phi) is 4.67. The van der Waals surface area contributed by atoms with Crippen LogP contribution in [0.4, 0.5) is 0 Å². The molecule has 6 heteroatoms. The van der Waals surface area contributed by atoms with Crippen molar-refractivity contribution in [1.29, 1.82) is 0 Å². The Morgan fingerprint density at radius 3 is 3.07 bits per heavy atom. The minimum atomic E-state index is -0.616. The molecule has 0 aliphatic heterocycles. The average Bonchev–Trinajstić information content (AvgIpc) is 2.61. The van der Waals surface area contributed by atoms with E-state index in [1.807, 2.05) is 12.3 Å². The van der Waals surface area contributed by atoms with Crippen LogP contribution in [0.5, 0.6) is 0 Å². The molecule has 5 nitrogen and oxygen atoms in total. The van der Waals surface area contributed by atoms with Crippen molar-refractivity contribution in [3.05, 3.63) is 16.1 Å². The van der Waals surface area contributed by atoms with Crippen LogP contribution >= 0.6 is 11.3 Å². The van der Waals surface area contributed by atoms with E-state index in [0.29, 0.717) is 6.54 Å². The van der Waals surface area contributed by atoms with Crippen molar-refractivity contribution in [1.82, 2.24) is 10.3 Å². The number of nitrogens with two attached hydrogens (primary N) is 1. The molecule has 3 N–H and O–H groups in total. The van der Waals surface area contributed by atoms with Crippen LogP contribution in [0.25, 0.3) is 0 Å². The first kappa shape index (κ1) is 12.1. The standard InChI is InChI=1S/C9H15N3O2S/c1-6-12-7(5-15-6)3-11-9(13)8(10)4-14-2/h5,8H,3-4,10H2,1-2H3,(H,11,13). The number of carbonyl (C=O) groups excluding carboxylic acids is 1. The SMILES string of the molecule is COCC(N)C(=O)NCc1csc(C)n1. The van der Waals surface area contributed by atoms with Crippen molar-refractivity contribution in [2.24, 2.45) is 5.73 Å². The van der Waals surface area contributed by atoms with Crippen molar-refractivity contribution < 1.29 is 9.53 Å². The Labute approximate surface area is 92.6 Å². The highest BCUT2D eigenvalue weighted by Gasteiger charge is 2.12. The van der Waals surface area contributed by atoms with Gasteiger partial charge in [-0.3, -0.25) is 4.79 Å². The minimum Gasteiger partial charge on any atom is -0.383 e. The van der Waals surface area contributed by atoms with Gasteiger partial charge in [-0.2, -0.15) is 0 Å². The lowest BCUT2D eigenvalue weighted by atomic mass is 10.3. The summed E-state index contributed by atoms with van der Waals surface area (Å²) in [4.78, 5) is 15.6. The number of nitrogens with one attached hydrogen (secondary N) is 1. The fourth-order valence-corrected chi connectivity index (χ4v) is 1.67. The maximum Gasteiger partial charge on any atom is 0.239 e. The molecule has 0 bridgehead atoms. The van der Waals surface area contributed by atoms with E-state index in [4.69, 9.17) is 10.5 Å². The monoisotopic (exact) mass is 229 g/mol. The molecule has 0 fully saturated rings. The summed E-state index contributed by atoms with van der Waals surface area (Å²) in [6.07, 6.45) is 0. The predicted octanol–water partition coefficient (Wildman–Crippen LogP) is 0.0414. The third-order valence-corrected chi connectivity index (χ3v) is 2.62. The van der Waals surface area contributed by atoms with Crippen LogP contribution in [0.3, 0.4) is 0 Å². The third-order valence-electron chi connectivity index (χ3n) is 1.79. The summed E-state index contributed by atoms with van der Waals surface area (Å²) < 4.78 is 4.78. The molecule has 1 atom stereocenters. The van der Waals surface area contributed by atoms with Crippen LogP contribution in [0.1, 0.15) is 10.7 Å². The highest BCUT2D eigenvalue weighted by Crippen LogP contribution is 2.07. The van der Waals surface area contributed by atoms with Gasteiger partial charge in [0.15, 0.2) is 0 Å². The molecule has 1 aromatic rings. The second-order valence-corrected chi connectivity index (χ2v) is 4.20. The number of aromatic nitrogens is 1. The van der Waals surface area contributed by atoms with Crippen molar-refractivity contribution >= 4 is 17.2 Å². The quantitative estimate of drug-likeness (QED) is 0.747. The molecule has 15 heavy (non-hydrogen) atoms. The van der Waals surface area contributed by atoms with E-state index in [9.17, 15) is 4.79 Å². The summed E-state index contributed by atoms with van der Waals surface area (Å²) in [5.74, 6) is -0.220. The maximum absolute atomic E-state index is 11.4. The third kappa shape index (κ3) is 3.94. The number of nitrogens with zero attached hydrogens (tertiary/aromatic N) is 1. The highest BCUT2D eigenvalue weighted by atomic mass is 32.1. The van der Waals surface area contributed by atoms with Crippen molar-refractivity contribution in [2.75, 3.05) is 13.7 Å². The van der Waals surface area contributed by atoms with Gasteiger partial charge in [0.1, 0.15) is 6.04 Å². The summed E-state index contributed by atoms with van der Waals surface area (Å²) in [7, 11) is 1.51. The van der Waals surface area contributed by atoms with Crippen molar-refractivity contribution in [3.63, 3.8) is 0 Å². The molecule has 0 aliphatic carbocycles. The number of amides is 1. The number of carbonyl (C=O) groups is 1. The van der Waals surface area contributed by atoms with E-state index in [1.54, 1.807) is 11.3 Å². The van der Waals surface area contributed by atoms with E-state index in [2.05, 4.69) is 10.3 Å². The van der Waals surface area contributed by atoms with Crippen LogP contribution in [0.2, 0.25) is 0 Å². The molecule has 1 heterocycles. The van der Waals surface area contributed by atoms with E-state index >= 15 is 0 Å². The van der Waals surface area contributed by atoms with Gasteiger partial charge in [-0.05, 0) is 6.92 Å². The Balaban J connectivity index is 2.34. The first-order valence-electron chi connectivity index (χ1n) is 4.56. The summed E-state index contributed by atoms with van der Waals surface area (Å²) >= 11 is 1.56. The number of rotatable bonds is 5. The lowest BCUT2D eigenvalue weighted by molar-refractivity contribution is -0.123. The number of hydrogen-bond donors (Lipinski definition) is 2. The second kappa shape index (κ2) is 5.79. The minimum absolute atomic E-state index is 0.220. The van der Waals surface area contributed by atoms with Gasteiger partial charge in [0.25, 0.3) is 0 Å². The smallest absolute Gasteiger partial charge is 0.239 e. The number of ether oxygens (including phenoxy) is 1. The van der Waals surface area contributed by atoms with Gasteiger partial charge in [-0.15, -0.1) is 11.3 Å². The van der Waals surface area contributed by atoms with Gasteiger partial charge in [-0.25, -0.2) is 4.98 Å². The molecule has 1 unspecified atom stereocenters. The van der Waals surface area contributed by atoms with Crippen LogP contribution in [-0.2, 0) is 16.1 Å². The van der Waals surface area contributed by atoms with Crippen LogP contribution < -0.4 is 11.1 Å². The zero-order chi connectivity index (χ0) is 11.3. The van der Waals surface area contributed by atoms with Crippen molar-refractivity contribution in [2.45, 2.75) is 19.5 Å². The molecular weight excluding hydrogens is 214 g/mol. The fourth-order valence-electron chi connectivity index (χ4n) is 1.05. The number of aryl methyl sites for hydroxylation is 1. The summed E-state index contributed by atoms with van der Waals surface area (Å²) in [5, 5.41) is 5.60. The van der Waals surface area contributed by atoms with Crippen LogP contribution in [0, 0.1) is 6.92 Å². The zero-order valence-corrected chi connectivity index (χ0v) is 9.63. The van der Waals surface area contributed by atoms with E-state index in [-0.39, 0.29) is 12.5 Å². The Morgan fingerprint density at radius 1 is 1.80 bits per heavy atom. The molecular formula is C9H15N3O2S. The maximum atomic E-state index is 11.4. The van der Waals surface area contributed by atoms with Crippen LogP contribution in [-0.4, -0.2) is 30.6 Å². The Hall–Kier alpha value is -0.980. The van der Waals surface area contributed by atoms with Crippen molar-refractivity contribution in [3.8, 4) is 0 Å². The van der Waals surface area contributed by atoms with Gasteiger partial charge in [0.2, 0.25) is 5.91 Å². The topological polar surface area (TPSA) is 77.2 Å². The van der Waals surface area contributed by atoms with Gasteiger partial charge in [0, 0.05) is 12.5 Å². The Morgan fingerprint density at radius 2 is 2.53 bits per heavy atom. The molecule has 0 spiro atoms. The van der Waals surface area contributed by atoms with Gasteiger partial charge in [0.05, 0.1) is 23.9 Å². The second-order valence-electron chi connectivity index (χ2n) is 3.14. The summed E-state index contributed by atoms with van der Waals surface area (Å²) in [6, 6.07) is -0.616. The van der Waals surface area contributed by atoms with Gasteiger partial charge < -0.3 is 15.8 Å². The fraction of sp³-hybridized carbons (Fsp3) is 0.556. The molecule has 0 saturated heterocycles. The number of hydrogen-bond acceptors (Lipinski definition) is 5. The molecule has 1 rings (SSSR count). The first-order valence-corrected chi connectivity index (χ1v) is 5.44. The molecule has 0 saturated carbocycles. The van der Waals surface area contributed by atoms with E-state index in [0.717, 1.165) is 10.7 Å². The number of thiazole rings is 1. The molecule has 1 amide bonds. The molecule has 0 aliphatic rings. The van der Waals surface area contributed by atoms with Crippen LogP contribution in [0.15, 0.2) is 5.38 Å². The molecule has 84 valence electrons. The lowest BCUT2D eigenvalue weighted by Gasteiger charge is -2.09. The molecule has 0 aromatic carbocycles. The number of methoxy groups -OCH3 is 1. The highest BCUT2D eigenvalue weighted by molar-refractivity contribution is 7.09. The average molecular weight is 229 g/mol. The summed E-state index contributed by atoms with van der Waals surface area (Å²) in [6.45, 7) is 2.56. The normalized spacial score (nSPS) is 12.5. The Bertz CT molecular complexity index is 327. The van der Waals surface area contributed by atoms with E-state index in [1.165, 1.54) is 7.11 Å². The molecule has 1 aromatic heterocycles. The largest absolute Gasteiger partial charge is 0.383 e. The zero-order valence-electron chi connectivity index (χ0n) is 8.82. The predicted molar refractivity (Wildman–Crippen MR) is 58.5 cm³/mol. The first-order chi connectivity index (χ1) is 7.13. The van der Waals surface area contributed by atoms with Gasteiger partial charge >= 0.3 is 0 Å².